The number of esters is 1. The molecule has 27 heavy (non-hydrogen) atoms. The number of nitrogens with zero attached hydrogens (tertiary/aromatic N) is 5. The van der Waals surface area contributed by atoms with Gasteiger partial charge in [0.1, 0.15) is 12.4 Å². The number of aliphatic imine (C=N–C) groups is 1. The lowest BCUT2D eigenvalue weighted by molar-refractivity contribution is -0.141. The van der Waals surface area contributed by atoms with Gasteiger partial charge in [-0.15, -0.1) is 0 Å². The van der Waals surface area contributed by atoms with E-state index in [-0.39, 0.29) is 19.2 Å². The van der Waals surface area contributed by atoms with Crippen molar-refractivity contribution in [3.63, 3.8) is 0 Å². The SMILES string of the molecule is CCOC(=O)CN1C(=O)N2CCCN=C2c2cnn(-c3ccccc3Cl)c21. The molecule has 0 atom stereocenters. The Bertz CT molecular complexity index is 939. The van der Waals surface area contributed by atoms with Crippen molar-refractivity contribution in [2.24, 2.45) is 4.99 Å². The Balaban J connectivity index is 1.87. The number of halogens is 1. The Morgan fingerprint density at radius 3 is 2.93 bits per heavy atom. The van der Waals surface area contributed by atoms with Gasteiger partial charge in [-0.25, -0.2) is 9.48 Å². The van der Waals surface area contributed by atoms with Gasteiger partial charge >= 0.3 is 12.0 Å². The third-order valence-corrected chi connectivity index (χ3v) is 4.75. The fourth-order valence-corrected chi connectivity index (χ4v) is 3.51. The first-order valence-corrected chi connectivity index (χ1v) is 9.12. The smallest absolute Gasteiger partial charge is 0.331 e. The molecule has 0 fully saturated rings. The molecule has 4 rings (SSSR count). The van der Waals surface area contributed by atoms with Crippen molar-refractivity contribution < 1.29 is 14.3 Å². The van der Waals surface area contributed by atoms with Crippen LogP contribution in [0.4, 0.5) is 10.6 Å². The van der Waals surface area contributed by atoms with E-state index in [1.165, 1.54) is 4.90 Å². The van der Waals surface area contributed by atoms with Gasteiger partial charge in [0, 0.05) is 13.1 Å². The molecule has 0 N–H and O–H groups in total. The minimum Gasteiger partial charge on any atom is -0.465 e. The number of benzene rings is 1. The molecule has 1 aromatic heterocycles. The second-order valence-electron chi connectivity index (χ2n) is 6.13. The van der Waals surface area contributed by atoms with Gasteiger partial charge in [-0.3, -0.25) is 19.6 Å². The summed E-state index contributed by atoms with van der Waals surface area (Å²) in [5.74, 6) is 0.568. The number of urea groups is 1. The van der Waals surface area contributed by atoms with Crippen molar-refractivity contribution in [2.75, 3.05) is 31.1 Å². The van der Waals surface area contributed by atoms with Crippen LogP contribution < -0.4 is 4.90 Å². The van der Waals surface area contributed by atoms with Gasteiger partial charge in [0.05, 0.1) is 29.1 Å². The topological polar surface area (TPSA) is 80.0 Å². The lowest BCUT2D eigenvalue weighted by Gasteiger charge is -2.37. The van der Waals surface area contributed by atoms with E-state index in [9.17, 15) is 9.59 Å². The van der Waals surface area contributed by atoms with Crippen LogP contribution in [0.5, 0.6) is 0 Å². The maximum atomic E-state index is 13.1. The summed E-state index contributed by atoms with van der Waals surface area (Å²) in [4.78, 5) is 32.7. The molecular weight excluding hydrogens is 370 g/mol. The average molecular weight is 388 g/mol. The first-order valence-electron chi connectivity index (χ1n) is 8.74. The number of rotatable bonds is 4. The number of para-hydroxylation sites is 1. The Morgan fingerprint density at radius 1 is 1.33 bits per heavy atom. The lowest BCUT2D eigenvalue weighted by Crippen LogP contribution is -2.54. The Hall–Kier alpha value is -2.87. The molecule has 0 saturated heterocycles. The number of aromatic nitrogens is 2. The fourth-order valence-electron chi connectivity index (χ4n) is 3.30. The summed E-state index contributed by atoms with van der Waals surface area (Å²) in [6.07, 6.45) is 2.43. The minimum atomic E-state index is -0.485. The van der Waals surface area contributed by atoms with Gasteiger partial charge < -0.3 is 4.74 Å². The Kier molecular flexibility index (Phi) is 4.57. The van der Waals surface area contributed by atoms with Crippen LogP contribution in [-0.2, 0) is 9.53 Å². The summed E-state index contributed by atoms with van der Waals surface area (Å²) >= 11 is 6.34. The van der Waals surface area contributed by atoms with E-state index in [1.54, 1.807) is 34.8 Å². The van der Waals surface area contributed by atoms with Crippen LogP contribution in [0.25, 0.3) is 5.69 Å². The highest BCUT2D eigenvalue weighted by molar-refractivity contribution is 6.32. The molecule has 0 unspecified atom stereocenters. The highest BCUT2D eigenvalue weighted by Gasteiger charge is 2.40. The number of carbonyl (C=O) groups is 2. The summed E-state index contributed by atoms with van der Waals surface area (Å²) in [5, 5.41) is 4.92. The molecule has 2 aliphatic rings. The lowest BCUT2D eigenvalue weighted by atomic mass is 10.1. The van der Waals surface area contributed by atoms with Crippen LogP contribution in [0, 0.1) is 0 Å². The standard InChI is InChI=1S/C18H18ClN5O3/c1-2-27-15(25)11-23-17-12(16-20-8-5-9-22(16)18(23)26)10-21-24(17)14-7-4-3-6-13(14)19/h3-4,6-7,10H,2,5,8-9,11H2,1H3. The monoisotopic (exact) mass is 387 g/mol. The Labute approximate surface area is 161 Å². The van der Waals surface area contributed by atoms with E-state index >= 15 is 0 Å². The zero-order valence-corrected chi connectivity index (χ0v) is 15.5. The van der Waals surface area contributed by atoms with Gasteiger partial charge in [-0.1, -0.05) is 23.7 Å². The maximum Gasteiger partial charge on any atom is 0.331 e. The first kappa shape index (κ1) is 17.5. The summed E-state index contributed by atoms with van der Waals surface area (Å²) in [7, 11) is 0. The highest BCUT2D eigenvalue weighted by atomic mass is 35.5. The molecule has 2 aliphatic heterocycles. The average Bonchev–Trinajstić information content (AvgIpc) is 3.10. The van der Waals surface area contributed by atoms with E-state index < -0.39 is 5.97 Å². The third-order valence-electron chi connectivity index (χ3n) is 4.43. The van der Waals surface area contributed by atoms with Crippen LogP contribution in [0.15, 0.2) is 35.5 Å². The summed E-state index contributed by atoms with van der Waals surface area (Å²) in [5.41, 5.74) is 1.31. The predicted octanol–water partition coefficient (Wildman–Crippen LogP) is 2.48. The number of fused-ring (bicyclic) bond motifs is 3. The second-order valence-corrected chi connectivity index (χ2v) is 6.54. The third kappa shape index (κ3) is 2.95. The molecular formula is C18H18ClN5O3. The number of carbonyl (C=O) groups excluding carboxylic acids is 2. The van der Waals surface area contributed by atoms with Gasteiger partial charge in [0.2, 0.25) is 0 Å². The quantitative estimate of drug-likeness (QED) is 0.755. The molecule has 0 bridgehead atoms. The second kappa shape index (κ2) is 7.03. The molecule has 8 nitrogen and oxygen atoms in total. The summed E-state index contributed by atoms with van der Waals surface area (Å²) in [6.45, 7) is 2.96. The van der Waals surface area contributed by atoms with Crippen molar-refractivity contribution >= 4 is 35.3 Å². The van der Waals surface area contributed by atoms with Crippen molar-refractivity contribution in [1.82, 2.24) is 14.7 Å². The number of amidine groups is 1. The zero-order chi connectivity index (χ0) is 19.0. The number of hydrogen-bond donors (Lipinski definition) is 0. The van der Waals surface area contributed by atoms with Crippen molar-refractivity contribution in [1.29, 1.82) is 0 Å². The molecule has 3 heterocycles. The molecule has 9 heteroatoms. The number of hydrogen-bond acceptors (Lipinski definition) is 5. The van der Waals surface area contributed by atoms with Gasteiger partial charge in [-0.2, -0.15) is 5.10 Å². The normalized spacial score (nSPS) is 15.9. The van der Waals surface area contributed by atoms with Crippen molar-refractivity contribution in [3.8, 4) is 5.69 Å². The van der Waals surface area contributed by atoms with E-state index in [0.717, 1.165) is 6.42 Å². The summed E-state index contributed by atoms with van der Waals surface area (Å²) < 4.78 is 6.63. The van der Waals surface area contributed by atoms with Crippen molar-refractivity contribution in [3.05, 3.63) is 41.0 Å². The molecule has 2 amide bonds. The van der Waals surface area contributed by atoms with Gasteiger partial charge in [0.15, 0.2) is 5.82 Å². The molecule has 0 saturated carbocycles. The van der Waals surface area contributed by atoms with E-state index in [1.807, 2.05) is 12.1 Å². The van der Waals surface area contributed by atoms with Crippen LogP contribution in [0.1, 0.15) is 18.9 Å². The molecule has 0 radical (unpaired) electrons. The van der Waals surface area contributed by atoms with Crippen molar-refractivity contribution in [2.45, 2.75) is 13.3 Å². The fraction of sp³-hybridized carbons (Fsp3) is 0.333. The van der Waals surface area contributed by atoms with Crippen LogP contribution >= 0.6 is 11.6 Å². The van der Waals surface area contributed by atoms with Gasteiger partial charge in [0.25, 0.3) is 0 Å². The molecule has 0 aliphatic carbocycles. The van der Waals surface area contributed by atoms with Crippen LogP contribution in [0.3, 0.4) is 0 Å². The molecule has 2 aromatic rings. The highest BCUT2D eigenvalue weighted by Crippen LogP contribution is 2.34. The minimum absolute atomic E-state index is 0.209. The number of amides is 2. The Morgan fingerprint density at radius 2 is 2.15 bits per heavy atom. The van der Waals surface area contributed by atoms with E-state index in [2.05, 4.69) is 10.1 Å². The number of anilines is 1. The van der Waals surface area contributed by atoms with Crippen LogP contribution in [0.2, 0.25) is 5.02 Å². The molecule has 0 spiro atoms. The maximum absolute atomic E-state index is 13.1. The predicted molar refractivity (Wildman–Crippen MR) is 101 cm³/mol. The van der Waals surface area contributed by atoms with Crippen LogP contribution in [-0.4, -0.2) is 58.8 Å². The van der Waals surface area contributed by atoms with Gasteiger partial charge in [-0.05, 0) is 25.5 Å². The summed E-state index contributed by atoms with van der Waals surface area (Å²) in [6, 6.07) is 6.88. The molecule has 1 aromatic carbocycles. The zero-order valence-electron chi connectivity index (χ0n) is 14.8. The number of ether oxygens (including phenoxy) is 1. The largest absolute Gasteiger partial charge is 0.465 e. The molecule has 140 valence electrons. The van der Waals surface area contributed by atoms with E-state index in [0.29, 0.717) is 41.0 Å². The first-order chi connectivity index (χ1) is 13.1. The van der Waals surface area contributed by atoms with E-state index in [4.69, 9.17) is 16.3 Å².